The Morgan fingerprint density at radius 1 is 1.21 bits per heavy atom. The molecule has 14 heteroatoms. The summed E-state index contributed by atoms with van der Waals surface area (Å²) in [6.45, 7) is -2.19. The lowest BCUT2D eigenvalue weighted by Crippen LogP contribution is -2.46. The van der Waals surface area contributed by atoms with Gasteiger partial charge in [0.25, 0.3) is 11.5 Å². The lowest BCUT2D eigenvalue weighted by atomic mass is 10.0. The number of nitrogens with one attached hydrogen (secondary N) is 2. The summed E-state index contributed by atoms with van der Waals surface area (Å²) in [5.74, 6) is -6.43. The molecule has 2 amide bonds. The molecule has 13 nitrogen and oxygen atoms in total. The molecule has 0 atom stereocenters. The third kappa shape index (κ3) is 6.64. The molecule has 202 valence electrons. The summed E-state index contributed by atoms with van der Waals surface area (Å²) < 4.78 is 69.0. The Hall–Kier alpha value is -4.46. The van der Waals surface area contributed by atoms with Crippen LogP contribution in [-0.4, -0.2) is 51.2 Å². The zero-order valence-corrected chi connectivity index (χ0v) is 20.7. The second kappa shape index (κ2) is 11.7. The Balaban J connectivity index is 2.20. The number of ether oxygens (including phenoxy) is 2. The average molecular weight is 536 g/mol. The fourth-order valence-corrected chi connectivity index (χ4v) is 3.02. The standard InChI is InChI=1S/C24H27FN6O7/c1-13-29-30-21(37-13)20(34)28-24(2,3)23-27-17(19(33)26-12-14-6-8-15(25)9-7-14)18(22(35)31(23)4)38-16(32)10-11-36-5/h6-9H,10-12H2,1-5H3,(H,26,33)(H,28,34)/i4D3,12D2. The van der Waals surface area contributed by atoms with Crippen LogP contribution in [0, 0.1) is 12.7 Å². The molecule has 2 N–H and O–H groups in total. The monoisotopic (exact) mass is 535 g/mol. The SMILES string of the molecule is [2H]C([2H])(NC(=O)c1nc(C(C)(C)NC(=O)c2nnc(C)o2)n(C([2H])([2H])[2H])c(=O)c1OC(=O)CCOC)c1ccc(F)cc1. The van der Waals surface area contributed by atoms with Crippen LogP contribution in [0.5, 0.6) is 5.75 Å². The molecule has 0 radical (unpaired) electrons. The highest BCUT2D eigenvalue weighted by Gasteiger charge is 2.33. The van der Waals surface area contributed by atoms with Gasteiger partial charge in [0.2, 0.25) is 11.6 Å². The first-order valence-corrected chi connectivity index (χ1v) is 11.0. The largest absolute Gasteiger partial charge is 0.418 e. The van der Waals surface area contributed by atoms with Gasteiger partial charge >= 0.3 is 17.8 Å². The maximum absolute atomic E-state index is 13.6. The summed E-state index contributed by atoms with van der Waals surface area (Å²) in [5, 5.41) is 11.5. The Morgan fingerprint density at radius 2 is 1.92 bits per heavy atom. The van der Waals surface area contributed by atoms with Crippen molar-refractivity contribution in [2.75, 3.05) is 13.7 Å². The van der Waals surface area contributed by atoms with Crippen LogP contribution in [0.3, 0.4) is 0 Å². The van der Waals surface area contributed by atoms with Crippen LogP contribution in [0.25, 0.3) is 0 Å². The van der Waals surface area contributed by atoms with E-state index in [0.717, 1.165) is 24.3 Å². The predicted molar refractivity (Wildman–Crippen MR) is 129 cm³/mol. The molecule has 0 aliphatic rings. The Kier molecular flexibility index (Phi) is 6.67. The fraction of sp³-hybridized carbons (Fsp3) is 0.375. The molecule has 1 aromatic carbocycles. The third-order valence-electron chi connectivity index (χ3n) is 4.85. The van der Waals surface area contributed by atoms with Crippen LogP contribution < -0.4 is 20.9 Å². The van der Waals surface area contributed by atoms with Gasteiger partial charge < -0.3 is 24.5 Å². The van der Waals surface area contributed by atoms with E-state index in [1.807, 2.05) is 5.32 Å². The Bertz CT molecular complexity index is 1590. The molecule has 2 aromatic heterocycles. The highest BCUT2D eigenvalue weighted by atomic mass is 19.1. The van der Waals surface area contributed by atoms with Crippen molar-refractivity contribution >= 4 is 17.8 Å². The zero-order chi connectivity index (χ0) is 32.3. The first-order chi connectivity index (χ1) is 19.9. The van der Waals surface area contributed by atoms with Crippen LogP contribution in [0.15, 0.2) is 33.5 Å². The number of carbonyl (C=O) groups is 3. The molecule has 0 bridgehead atoms. The highest BCUT2D eigenvalue weighted by molar-refractivity contribution is 5.95. The predicted octanol–water partition coefficient (Wildman–Crippen LogP) is 1.15. The van der Waals surface area contributed by atoms with Crippen molar-refractivity contribution in [3.8, 4) is 5.75 Å². The van der Waals surface area contributed by atoms with E-state index in [-0.39, 0.29) is 22.6 Å². The molecular formula is C24H27FN6O7. The van der Waals surface area contributed by atoms with Gasteiger partial charge in [-0.3, -0.25) is 23.7 Å². The van der Waals surface area contributed by atoms with E-state index in [2.05, 4.69) is 20.5 Å². The van der Waals surface area contributed by atoms with Crippen molar-refractivity contribution in [1.29, 1.82) is 0 Å². The minimum absolute atomic E-state index is 0.0505. The zero-order valence-electron chi connectivity index (χ0n) is 25.7. The number of esters is 1. The number of benzene rings is 1. The van der Waals surface area contributed by atoms with Gasteiger partial charge in [-0.05, 0) is 31.5 Å². The molecule has 0 unspecified atom stereocenters. The molecule has 0 saturated carbocycles. The quantitative estimate of drug-likeness (QED) is 0.359. The van der Waals surface area contributed by atoms with Crippen LogP contribution in [-0.2, 0) is 28.5 Å². The molecule has 0 spiro atoms. The summed E-state index contributed by atoms with van der Waals surface area (Å²) in [6.07, 6.45) is -0.409. The minimum atomic E-state index is -3.28. The first kappa shape index (κ1) is 21.6. The van der Waals surface area contributed by atoms with Gasteiger partial charge in [-0.15, -0.1) is 10.2 Å². The number of carbonyl (C=O) groups excluding carboxylic acids is 3. The van der Waals surface area contributed by atoms with Gasteiger partial charge in [0.15, 0.2) is 5.69 Å². The second-order valence-electron chi connectivity index (χ2n) is 8.26. The van der Waals surface area contributed by atoms with Gasteiger partial charge in [-0.2, -0.15) is 0 Å². The third-order valence-corrected chi connectivity index (χ3v) is 4.85. The molecular weight excluding hydrogens is 503 g/mol. The molecule has 0 saturated heterocycles. The van der Waals surface area contributed by atoms with Gasteiger partial charge in [0.05, 0.1) is 21.3 Å². The van der Waals surface area contributed by atoms with E-state index >= 15 is 0 Å². The number of rotatable bonds is 10. The molecule has 0 aliphatic carbocycles. The van der Waals surface area contributed by atoms with E-state index < -0.39 is 77.8 Å². The highest BCUT2D eigenvalue weighted by Crippen LogP contribution is 2.22. The van der Waals surface area contributed by atoms with Crippen molar-refractivity contribution in [3.63, 3.8) is 0 Å². The summed E-state index contributed by atoms with van der Waals surface area (Å²) in [4.78, 5) is 56.3. The molecule has 3 rings (SSSR count). The number of aromatic nitrogens is 4. The van der Waals surface area contributed by atoms with Crippen molar-refractivity contribution in [2.45, 2.75) is 39.2 Å². The summed E-state index contributed by atoms with van der Waals surface area (Å²) >= 11 is 0. The lowest BCUT2D eigenvalue weighted by molar-refractivity contribution is -0.135. The van der Waals surface area contributed by atoms with Gasteiger partial charge in [0, 0.05) is 31.6 Å². The number of halogens is 1. The van der Waals surface area contributed by atoms with Crippen LogP contribution >= 0.6 is 0 Å². The van der Waals surface area contributed by atoms with Crippen molar-refractivity contribution in [2.24, 2.45) is 6.98 Å². The summed E-state index contributed by atoms with van der Waals surface area (Å²) in [7, 11) is 1.29. The van der Waals surface area contributed by atoms with E-state index in [1.54, 1.807) is 0 Å². The average Bonchev–Trinajstić information content (AvgIpc) is 3.33. The first-order valence-electron chi connectivity index (χ1n) is 13.5. The summed E-state index contributed by atoms with van der Waals surface area (Å²) in [5.41, 5.74) is -4.54. The van der Waals surface area contributed by atoms with Crippen LogP contribution in [0.2, 0.25) is 0 Å². The maximum atomic E-state index is 13.6. The van der Waals surface area contributed by atoms with E-state index in [1.165, 1.54) is 27.9 Å². The van der Waals surface area contributed by atoms with Gasteiger partial charge in [-0.1, -0.05) is 12.1 Å². The lowest BCUT2D eigenvalue weighted by Gasteiger charge is -2.27. The fourth-order valence-electron chi connectivity index (χ4n) is 3.02. The van der Waals surface area contributed by atoms with Crippen LogP contribution in [0.4, 0.5) is 4.39 Å². The number of hydrogen-bond acceptors (Lipinski definition) is 10. The van der Waals surface area contributed by atoms with Crippen molar-refractivity contribution in [1.82, 2.24) is 30.4 Å². The molecule has 0 aliphatic heterocycles. The van der Waals surface area contributed by atoms with Gasteiger partial charge in [0.1, 0.15) is 11.6 Å². The number of methoxy groups -OCH3 is 1. The smallest absolute Gasteiger partial charge is 0.313 e. The van der Waals surface area contributed by atoms with E-state index in [4.69, 9.17) is 20.7 Å². The molecule has 0 fully saturated rings. The molecule has 38 heavy (non-hydrogen) atoms. The summed E-state index contributed by atoms with van der Waals surface area (Å²) in [6, 6.07) is 4.02. The number of amides is 2. The number of nitrogens with zero attached hydrogens (tertiary/aromatic N) is 4. The van der Waals surface area contributed by atoms with E-state index in [0.29, 0.717) is 0 Å². The number of hydrogen-bond donors (Lipinski definition) is 2. The van der Waals surface area contributed by atoms with Crippen molar-refractivity contribution < 1.29 is 39.5 Å². The van der Waals surface area contributed by atoms with E-state index in [9.17, 15) is 23.6 Å². The van der Waals surface area contributed by atoms with Crippen molar-refractivity contribution in [3.05, 3.63) is 69.3 Å². The normalized spacial score (nSPS) is 13.9. The molecule has 2 heterocycles. The Labute approximate surface area is 223 Å². The maximum Gasteiger partial charge on any atom is 0.313 e. The minimum Gasteiger partial charge on any atom is -0.418 e. The van der Waals surface area contributed by atoms with Crippen LogP contribution in [0.1, 0.15) is 65.6 Å². The Morgan fingerprint density at radius 3 is 2.53 bits per heavy atom. The van der Waals surface area contributed by atoms with Gasteiger partial charge in [-0.25, -0.2) is 9.37 Å². The number of aryl methyl sites for hydroxylation is 1. The second-order valence-corrected chi connectivity index (χ2v) is 8.26. The molecule has 3 aromatic rings. The topological polar surface area (TPSA) is 168 Å².